The molecule has 0 aliphatic heterocycles. The number of oxime groups is 1. The minimum atomic E-state index is -0.696. The van der Waals surface area contributed by atoms with Crippen LogP contribution in [0.5, 0.6) is 0 Å². The second-order valence-electron chi connectivity index (χ2n) is 2.45. The van der Waals surface area contributed by atoms with Crippen molar-refractivity contribution in [2.45, 2.75) is 0 Å². The van der Waals surface area contributed by atoms with Crippen LogP contribution in [0.15, 0.2) is 22.3 Å². The molecule has 0 saturated carbocycles. The smallest absolute Gasteiger partial charge is 0.240 e. The number of aliphatic imine (C=N–C) groups is 1. The third kappa shape index (κ3) is 2.87. The molecule has 0 saturated heterocycles. The van der Waals surface area contributed by atoms with E-state index in [2.05, 4.69) is 15.0 Å². The lowest BCUT2D eigenvalue weighted by molar-refractivity contribution is 0.215. The van der Waals surface area contributed by atoms with Crippen LogP contribution in [0.3, 0.4) is 0 Å². The van der Waals surface area contributed by atoms with E-state index in [1.54, 1.807) is 0 Å². The molecule has 0 spiro atoms. The van der Waals surface area contributed by atoms with Gasteiger partial charge in [-0.1, -0.05) is 16.8 Å². The highest BCUT2D eigenvalue weighted by atomic mass is 35.5. The molecule has 1 aromatic carbocycles. The van der Waals surface area contributed by atoms with Crippen molar-refractivity contribution >= 4 is 29.6 Å². The van der Waals surface area contributed by atoms with Crippen LogP contribution in [0.4, 0.5) is 10.1 Å². The van der Waals surface area contributed by atoms with E-state index in [1.165, 1.54) is 25.5 Å². The molecule has 0 amide bonds. The lowest BCUT2D eigenvalue weighted by atomic mass is 10.2. The van der Waals surface area contributed by atoms with Gasteiger partial charge in [-0.05, 0) is 12.1 Å². The van der Waals surface area contributed by atoms with Crippen LogP contribution < -0.4 is 0 Å². The van der Waals surface area contributed by atoms with Gasteiger partial charge >= 0.3 is 0 Å². The van der Waals surface area contributed by atoms with Gasteiger partial charge in [-0.2, -0.15) is 4.99 Å². The van der Waals surface area contributed by atoms with Crippen LogP contribution in [0.1, 0.15) is 5.56 Å². The number of hydrogen-bond acceptors (Lipinski definition) is 4. The lowest BCUT2D eigenvalue weighted by Gasteiger charge is -2.00. The summed E-state index contributed by atoms with van der Waals surface area (Å²) in [5, 5.41) is 3.61. The molecule has 0 aromatic heterocycles. The molecule has 0 fully saturated rings. The normalized spacial score (nSPS) is 10.1. The van der Waals surface area contributed by atoms with Crippen molar-refractivity contribution in [1.29, 1.82) is 0 Å². The van der Waals surface area contributed by atoms with E-state index in [0.717, 1.165) is 6.07 Å². The topological polar surface area (TPSA) is 51.0 Å². The standard InChI is InChI=1S/C9H6ClFN2O2/c1-15-13-4-6-2-9(12-5-14)8(11)3-7(6)10/h2-4H,1H3/b13-4+. The van der Waals surface area contributed by atoms with E-state index in [0.29, 0.717) is 5.56 Å². The monoisotopic (exact) mass is 228 g/mol. The number of benzene rings is 1. The average Bonchev–Trinajstić information content (AvgIpc) is 2.20. The van der Waals surface area contributed by atoms with Gasteiger partial charge in [0.25, 0.3) is 0 Å². The van der Waals surface area contributed by atoms with Gasteiger partial charge in [0, 0.05) is 5.56 Å². The number of halogens is 2. The summed E-state index contributed by atoms with van der Waals surface area (Å²) in [5.41, 5.74) is 0.251. The van der Waals surface area contributed by atoms with Gasteiger partial charge in [0.2, 0.25) is 6.08 Å². The molecule has 0 atom stereocenters. The Kier molecular flexibility index (Phi) is 3.97. The largest absolute Gasteiger partial charge is 0.399 e. The van der Waals surface area contributed by atoms with E-state index in [1.807, 2.05) is 0 Å². The van der Waals surface area contributed by atoms with E-state index >= 15 is 0 Å². The summed E-state index contributed by atoms with van der Waals surface area (Å²) in [7, 11) is 1.36. The molecule has 0 heterocycles. The van der Waals surface area contributed by atoms with E-state index in [4.69, 9.17) is 11.6 Å². The Labute approximate surface area is 90.0 Å². The summed E-state index contributed by atoms with van der Waals surface area (Å²) in [5.74, 6) is -0.696. The minimum absolute atomic E-state index is 0.146. The van der Waals surface area contributed by atoms with Crippen molar-refractivity contribution in [1.82, 2.24) is 0 Å². The summed E-state index contributed by atoms with van der Waals surface area (Å²) in [4.78, 5) is 17.6. The third-order valence-electron chi connectivity index (χ3n) is 1.53. The first-order chi connectivity index (χ1) is 7.19. The van der Waals surface area contributed by atoms with Crippen molar-refractivity contribution < 1.29 is 14.0 Å². The Morgan fingerprint density at radius 2 is 2.33 bits per heavy atom. The molecule has 6 heteroatoms. The molecule has 0 aliphatic carbocycles. The quantitative estimate of drug-likeness (QED) is 0.453. The Balaban J connectivity index is 3.22. The predicted octanol–water partition coefficient (Wildman–Crippen LogP) is 2.43. The summed E-state index contributed by atoms with van der Waals surface area (Å²) in [6.45, 7) is 0. The maximum atomic E-state index is 13.1. The van der Waals surface area contributed by atoms with Gasteiger partial charge in [-0.3, -0.25) is 0 Å². The molecular formula is C9H6ClFN2O2. The summed E-state index contributed by atoms with van der Waals surface area (Å²) < 4.78 is 13.1. The van der Waals surface area contributed by atoms with E-state index in [9.17, 15) is 9.18 Å². The maximum absolute atomic E-state index is 13.1. The van der Waals surface area contributed by atoms with Gasteiger partial charge in [-0.25, -0.2) is 9.18 Å². The highest BCUT2D eigenvalue weighted by Gasteiger charge is 2.06. The summed E-state index contributed by atoms with van der Waals surface area (Å²) in [6.07, 6.45) is 2.53. The third-order valence-corrected chi connectivity index (χ3v) is 1.86. The second kappa shape index (κ2) is 5.24. The van der Waals surface area contributed by atoms with Crippen LogP contribution in [0.2, 0.25) is 5.02 Å². The number of nitrogens with zero attached hydrogens (tertiary/aromatic N) is 2. The molecule has 0 N–H and O–H groups in total. The highest BCUT2D eigenvalue weighted by Crippen LogP contribution is 2.24. The first kappa shape index (κ1) is 11.4. The van der Waals surface area contributed by atoms with Gasteiger partial charge in [-0.15, -0.1) is 0 Å². The van der Waals surface area contributed by atoms with Crippen molar-refractivity contribution in [2.24, 2.45) is 10.1 Å². The van der Waals surface area contributed by atoms with Crippen molar-refractivity contribution in [3.63, 3.8) is 0 Å². The lowest BCUT2D eigenvalue weighted by Crippen LogP contribution is -1.87. The Bertz CT molecular complexity index is 442. The number of rotatable bonds is 3. The van der Waals surface area contributed by atoms with Gasteiger partial charge in [0.15, 0.2) is 5.82 Å². The number of isocyanates is 1. The molecule has 0 unspecified atom stereocenters. The molecule has 78 valence electrons. The Morgan fingerprint density at radius 3 is 2.93 bits per heavy atom. The van der Waals surface area contributed by atoms with Crippen LogP contribution in [0.25, 0.3) is 0 Å². The summed E-state index contributed by atoms with van der Waals surface area (Å²) >= 11 is 5.71. The molecule has 0 aliphatic rings. The van der Waals surface area contributed by atoms with E-state index < -0.39 is 5.82 Å². The molecule has 0 bridgehead atoms. The van der Waals surface area contributed by atoms with Crippen LogP contribution >= 0.6 is 11.6 Å². The first-order valence-electron chi connectivity index (χ1n) is 3.82. The molecule has 1 rings (SSSR count). The summed E-state index contributed by atoms with van der Waals surface area (Å²) in [6, 6.07) is 2.31. The van der Waals surface area contributed by atoms with Crippen LogP contribution in [-0.2, 0) is 9.63 Å². The highest BCUT2D eigenvalue weighted by molar-refractivity contribution is 6.33. The maximum Gasteiger partial charge on any atom is 0.240 e. The SMILES string of the molecule is CO/N=C/c1cc(N=C=O)c(F)cc1Cl. The first-order valence-corrected chi connectivity index (χ1v) is 4.20. The zero-order valence-corrected chi connectivity index (χ0v) is 8.45. The fraction of sp³-hybridized carbons (Fsp3) is 0.111. The van der Waals surface area contributed by atoms with Gasteiger partial charge in [0.1, 0.15) is 12.8 Å². The van der Waals surface area contributed by atoms with Gasteiger partial charge in [0.05, 0.1) is 11.2 Å². The number of carbonyl (C=O) groups excluding carboxylic acids is 1. The van der Waals surface area contributed by atoms with Crippen molar-refractivity contribution in [2.75, 3.05) is 7.11 Å². The van der Waals surface area contributed by atoms with Crippen molar-refractivity contribution in [3.8, 4) is 0 Å². The average molecular weight is 229 g/mol. The number of hydrogen-bond donors (Lipinski definition) is 0. The fourth-order valence-electron chi connectivity index (χ4n) is 0.897. The van der Waals surface area contributed by atoms with Gasteiger partial charge < -0.3 is 4.84 Å². The minimum Gasteiger partial charge on any atom is -0.399 e. The molecular weight excluding hydrogens is 223 g/mol. The molecule has 0 radical (unpaired) electrons. The Morgan fingerprint density at radius 1 is 1.60 bits per heavy atom. The fourth-order valence-corrected chi connectivity index (χ4v) is 1.10. The zero-order valence-electron chi connectivity index (χ0n) is 7.70. The van der Waals surface area contributed by atoms with Crippen LogP contribution in [-0.4, -0.2) is 19.4 Å². The molecule has 4 nitrogen and oxygen atoms in total. The Hall–Kier alpha value is -1.71. The van der Waals surface area contributed by atoms with Crippen molar-refractivity contribution in [3.05, 3.63) is 28.5 Å². The van der Waals surface area contributed by atoms with Crippen LogP contribution in [0, 0.1) is 5.82 Å². The zero-order chi connectivity index (χ0) is 11.3. The second-order valence-corrected chi connectivity index (χ2v) is 2.85. The molecule has 15 heavy (non-hydrogen) atoms. The van der Waals surface area contributed by atoms with E-state index in [-0.39, 0.29) is 10.7 Å². The predicted molar refractivity (Wildman–Crippen MR) is 53.8 cm³/mol. The molecule has 1 aromatic rings.